The van der Waals surface area contributed by atoms with Crippen molar-refractivity contribution in [2.45, 2.75) is 19.7 Å². The summed E-state index contributed by atoms with van der Waals surface area (Å²) in [4.78, 5) is 11.5. The topological polar surface area (TPSA) is 87.2 Å². The third-order valence-corrected chi connectivity index (χ3v) is 6.11. The van der Waals surface area contributed by atoms with Gasteiger partial charge in [0.25, 0.3) is 0 Å². The van der Waals surface area contributed by atoms with Gasteiger partial charge in [0.2, 0.25) is 0 Å². The summed E-state index contributed by atoms with van der Waals surface area (Å²) in [6.07, 6.45) is 3.30. The molecule has 0 fully saturated rings. The summed E-state index contributed by atoms with van der Waals surface area (Å²) in [6.45, 7) is 1.36. The Hall–Kier alpha value is -4.05. The van der Waals surface area contributed by atoms with Crippen molar-refractivity contribution in [3.8, 4) is 17.5 Å². The van der Waals surface area contributed by atoms with E-state index in [1.807, 2.05) is 60.7 Å². The summed E-state index contributed by atoms with van der Waals surface area (Å²) in [5.41, 5.74) is 2.78. The second-order valence-corrected chi connectivity index (χ2v) is 8.77. The van der Waals surface area contributed by atoms with Crippen molar-refractivity contribution >= 4 is 27.4 Å². The van der Waals surface area contributed by atoms with Crippen molar-refractivity contribution in [2.75, 3.05) is 19.1 Å². The largest absolute Gasteiger partial charge is 0.497 e. The number of halogens is 1. The maximum Gasteiger partial charge on any atom is 0.336 e. The van der Waals surface area contributed by atoms with E-state index in [9.17, 15) is 0 Å². The van der Waals surface area contributed by atoms with Gasteiger partial charge >= 0.3 is 6.01 Å². The van der Waals surface area contributed by atoms with Crippen molar-refractivity contribution in [2.24, 2.45) is 0 Å². The average Bonchev–Trinajstić information content (AvgIpc) is 3.57. The summed E-state index contributed by atoms with van der Waals surface area (Å²) >= 11 is 3.53. The van der Waals surface area contributed by atoms with Crippen molar-refractivity contribution in [3.63, 3.8) is 0 Å². The van der Waals surface area contributed by atoms with E-state index in [2.05, 4.69) is 30.9 Å². The van der Waals surface area contributed by atoms with E-state index >= 15 is 0 Å². The molecular weight excluding hydrogens is 526 g/mol. The van der Waals surface area contributed by atoms with Crippen molar-refractivity contribution in [1.29, 1.82) is 0 Å². The molecule has 5 rings (SSSR count). The van der Waals surface area contributed by atoms with Crippen LogP contribution in [0.25, 0.3) is 5.65 Å². The number of anilines is 1. The van der Waals surface area contributed by atoms with E-state index in [4.69, 9.17) is 23.6 Å². The van der Waals surface area contributed by atoms with Crippen LogP contribution in [0.1, 0.15) is 16.9 Å². The Kier molecular flexibility index (Phi) is 7.03. The highest BCUT2D eigenvalue weighted by Gasteiger charge is 2.20. The molecule has 3 aromatic heterocycles. The number of benzene rings is 2. The monoisotopic (exact) mass is 549 g/mol. The Balaban J connectivity index is 1.53. The molecule has 5 aromatic rings. The van der Waals surface area contributed by atoms with Crippen LogP contribution in [0, 0.1) is 0 Å². The molecular formula is C26H24BrN5O4. The van der Waals surface area contributed by atoms with Gasteiger partial charge in [0.15, 0.2) is 11.5 Å². The Labute approximate surface area is 216 Å². The summed E-state index contributed by atoms with van der Waals surface area (Å²) in [5, 5.41) is 4.51. The molecule has 9 nitrogen and oxygen atoms in total. The molecule has 0 aliphatic rings. The summed E-state index contributed by atoms with van der Waals surface area (Å²) in [5.74, 6) is 2.92. The zero-order chi connectivity index (χ0) is 24.9. The number of hydrogen-bond acceptors (Lipinski definition) is 8. The van der Waals surface area contributed by atoms with Gasteiger partial charge in [-0.05, 0) is 63.5 Å². The van der Waals surface area contributed by atoms with Gasteiger partial charge in [0.05, 0.1) is 26.7 Å². The molecule has 0 bridgehead atoms. The predicted octanol–water partition coefficient (Wildman–Crippen LogP) is 5.28. The first-order chi connectivity index (χ1) is 17.6. The first-order valence-electron chi connectivity index (χ1n) is 11.2. The summed E-state index contributed by atoms with van der Waals surface area (Å²) in [7, 11) is 3.31. The number of imidazole rings is 1. The van der Waals surface area contributed by atoms with Gasteiger partial charge in [-0.2, -0.15) is 9.50 Å². The molecule has 0 spiro atoms. The molecule has 10 heteroatoms. The van der Waals surface area contributed by atoms with E-state index in [0.717, 1.165) is 22.6 Å². The van der Waals surface area contributed by atoms with Gasteiger partial charge in [-0.25, -0.2) is 4.98 Å². The van der Waals surface area contributed by atoms with E-state index in [0.29, 0.717) is 34.9 Å². The molecule has 0 radical (unpaired) electrons. The first-order valence-corrected chi connectivity index (χ1v) is 12.0. The molecule has 0 aliphatic heterocycles. The van der Waals surface area contributed by atoms with Crippen LogP contribution in [-0.4, -0.2) is 33.8 Å². The minimum atomic E-state index is 0.210. The van der Waals surface area contributed by atoms with Crippen molar-refractivity contribution < 1.29 is 18.6 Å². The van der Waals surface area contributed by atoms with E-state index in [1.54, 1.807) is 31.2 Å². The summed E-state index contributed by atoms with van der Waals surface area (Å²) < 4.78 is 24.3. The van der Waals surface area contributed by atoms with Gasteiger partial charge in [0.1, 0.15) is 28.5 Å². The fourth-order valence-corrected chi connectivity index (χ4v) is 4.08. The third kappa shape index (κ3) is 5.28. The first kappa shape index (κ1) is 23.7. The molecule has 0 aliphatic carbocycles. The Morgan fingerprint density at radius 2 is 1.56 bits per heavy atom. The number of aromatic nitrogens is 4. The summed E-state index contributed by atoms with van der Waals surface area (Å²) in [6, 6.07) is 19.8. The molecule has 0 unspecified atom stereocenters. The van der Waals surface area contributed by atoms with Crippen LogP contribution in [0.15, 0.2) is 82.1 Å². The smallest absolute Gasteiger partial charge is 0.336 e. The lowest BCUT2D eigenvalue weighted by Gasteiger charge is -2.25. The molecule has 3 heterocycles. The van der Waals surface area contributed by atoms with E-state index in [1.165, 1.54) is 0 Å². The molecule has 184 valence electrons. The molecule has 0 atom stereocenters. The lowest BCUT2D eigenvalue weighted by molar-refractivity contribution is 0.246. The fraction of sp³-hybridized carbons (Fsp3) is 0.192. The number of nitrogens with zero attached hydrogens (tertiary/aromatic N) is 5. The maximum atomic E-state index is 5.89. The fourth-order valence-electron chi connectivity index (χ4n) is 3.73. The van der Waals surface area contributed by atoms with E-state index < -0.39 is 0 Å². The van der Waals surface area contributed by atoms with Gasteiger partial charge in [-0.1, -0.05) is 24.3 Å². The van der Waals surface area contributed by atoms with Gasteiger partial charge in [-0.15, -0.1) is 5.10 Å². The van der Waals surface area contributed by atoms with Crippen LogP contribution in [0.5, 0.6) is 17.5 Å². The normalized spacial score (nSPS) is 11.0. The van der Waals surface area contributed by atoms with E-state index in [-0.39, 0.29) is 12.6 Å². The van der Waals surface area contributed by atoms with Crippen molar-refractivity contribution in [3.05, 3.63) is 94.6 Å². The van der Waals surface area contributed by atoms with Gasteiger partial charge in [-0.3, -0.25) is 0 Å². The highest BCUT2D eigenvalue weighted by molar-refractivity contribution is 9.10. The minimum Gasteiger partial charge on any atom is -0.497 e. The van der Waals surface area contributed by atoms with Crippen molar-refractivity contribution in [1.82, 2.24) is 19.6 Å². The number of ether oxygens (including phenoxy) is 3. The molecule has 0 saturated heterocycles. The zero-order valence-corrected chi connectivity index (χ0v) is 21.4. The quantitative estimate of drug-likeness (QED) is 0.232. The van der Waals surface area contributed by atoms with Gasteiger partial charge in [0, 0.05) is 13.1 Å². The number of methoxy groups -OCH3 is 2. The Morgan fingerprint density at radius 3 is 2.11 bits per heavy atom. The van der Waals surface area contributed by atoms with Crippen LogP contribution in [-0.2, 0) is 19.7 Å². The van der Waals surface area contributed by atoms with Crippen LogP contribution in [0.3, 0.4) is 0 Å². The minimum absolute atomic E-state index is 0.210. The SMILES string of the molecule is COc1ccc(CN(Cc2ccc(OC)cc2)c2nc(OCc3ccco3)nn3c(Br)cnc23)cc1. The molecule has 2 aromatic carbocycles. The standard InChI is InChI=1S/C26H24BrN5O4/c1-33-20-9-5-18(6-10-20)15-31(16-19-7-11-21(34-2)12-8-19)25-24-28-14-23(27)32(24)30-26(29-25)36-17-22-4-3-13-35-22/h3-14H,15-17H2,1-2H3. The van der Waals surface area contributed by atoms with Crippen LogP contribution < -0.4 is 19.1 Å². The second kappa shape index (κ2) is 10.7. The number of rotatable bonds is 10. The molecule has 0 amide bonds. The lowest BCUT2D eigenvalue weighted by Crippen LogP contribution is -2.25. The Morgan fingerprint density at radius 1 is 0.917 bits per heavy atom. The molecule has 0 saturated carbocycles. The van der Waals surface area contributed by atoms with Crippen LogP contribution in [0.2, 0.25) is 0 Å². The predicted molar refractivity (Wildman–Crippen MR) is 137 cm³/mol. The number of hydrogen-bond donors (Lipinski definition) is 0. The highest BCUT2D eigenvalue weighted by atomic mass is 79.9. The average molecular weight is 550 g/mol. The lowest BCUT2D eigenvalue weighted by atomic mass is 10.1. The van der Waals surface area contributed by atoms with Gasteiger partial charge < -0.3 is 23.5 Å². The molecule has 36 heavy (non-hydrogen) atoms. The highest BCUT2D eigenvalue weighted by Crippen LogP contribution is 2.27. The van der Waals surface area contributed by atoms with Crippen LogP contribution >= 0.6 is 15.9 Å². The van der Waals surface area contributed by atoms with Crippen LogP contribution in [0.4, 0.5) is 5.82 Å². The maximum absolute atomic E-state index is 5.89. The number of fused-ring (bicyclic) bond motifs is 1. The second-order valence-electron chi connectivity index (χ2n) is 7.95. The molecule has 0 N–H and O–H groups in total. The Bertz CT molecular complexity index is 1370. The number of furan rings is 1. The zero-order valence-electron chi connectivity index (χ0n) is 19.8. The third-order valence-electron chi connectivity index (χ3n) is 5.57.